The van der Waals surface area contributed by atoms with E-state index < -0.39 is 29.9 Å². The zero-order valence-corrected chi connectivity index (χ0v) is 12.0. The van der Waals surface area contributed by atoms with Crippen LogP contribution in [0.15, 0.2) is 0 Å². The number of hydrogen-bond donors (Lipinski definition) is 5. The minimum Gasteiger partial charge on any atom is -0.480 e. The van der Waals surface area contributed by atoms with Crippen molar-refractivity contribution in [3.63, 3.8) is 0 Å². The molecule has 0 heterocycles. The minimum absolute atomic E-state index is 0.0322. The number of carboxylic acids is 1. The molecule has 20 heavy (non-hydrogen) atoms. The van der Waals surface area contributed by atoms with Crippen molar-refractivity contribution in [3.8, 4) is 0 Å². The van der Waals surface area contributed by atoms with Crippen LogP contribution in [-0.4, -0.2) is 53.1 Å². The third-order valence-corrected chi connectivity index (χ3v) is 2.71. The highest BCUT2D eigenvalue weighted by Crippen LogP contribution is 1.97. The number of amides is 2. The summed E-state index contributed by atoms with van der Waals surface area (Å²) in [5.74, 6) is -2.37. The molecule has 0 spiro atoms. The molecule has 0 saturated carbocycles. The summed E-state index contributed by atoms with van der Waals surface area (Å²) in [5.41, 5.74) is 5.26. The molecule has 5 N–H and O–H groups in total. The highest BCUT2D eigenvalue weighted by atomic mass is 32.1. The van der Waals surface area contributed by atoms with Gasteiger partial charge in [0.2, 0.25) is 11.8 Å². The van der Waals surface area contributed by atoms with Gasteiger partial charge in [0, 0.05) is 12.2 Å². The quantitative estimate of drug-likeness (QED) is 0.322. The maximum Gasteiger partial charge on any atom is 0.320 e. The van der Waals surface area contributed by atoms with Gasteiger partial charge in [-0.3, -0.25) is 19.2 Å². The first-order valence-corrected chi connectivity index (χ1v) is 6.57. The lowest BCUT2D eigenvalue weighted by Gasteiger charge is -2.16. The molecule has 0 aromatic carbocycles. The Morgan fingerprint density at radius 1 is 1.30 bits per heavy atom. The SMILES string of the molecule is CC(=O)CNC(=O)C(CS)NC(=O)CCC(N)C(=O)O. The summed E-state index contributed by atoms with van der Waals surface area (Å²) in [5, 5.41) is 13.3. The largest absolute Gasteiger partial charge is 0.480 e. The van der Waals surface area contributed by atoms with Crippen LogP contribution in [0.5, 0.6) is 0 Å². The molecule has 0 saturated heterocycles. The van der Waals surface area contributed by atoms with Crippen molar-refractivity contribution in [1.29, 1.82) is 0 Å². The van der Waals surface area contributed by atoms with Crippen LogP contribution in [0.25, 0.3) is 0 Å². The van der Waals surface area contributed by atoms with Crippen LogP contribution in [-0.2, 0) is 19.2 Å². The van der Waals surface area contributed by atoms with E-state index >= 15 is 0 Å². The van der Waals surface area contributed by atoms with Gasteiger partial charge < -0.3 is 21.5 Å². The van der Waals surface area contributed by atoms with Crippen molar-refractivity contribution in [2.75, 3.05) is 12.3 Å². The van der Waals surface area contributed by atoms with E-state index in [-0.39, 0.29) is 30.9 Å². The Bertz CT molecular complexity index is 388. The number of aliphatic carboxylic acids is 1. The van der Waals surface area contributed by atoms with Gasteiger partial charge in [-0.15, -0.1) is 0 Å². The highest BCUT2D eigenvalue weighted by molar-refractivity contribution is 7.80. The smallest absolute Gasteiger partial charge is 0.320 e. The molecule has 0 rings (SSSR count). The fourth-order valence-electron chi connectivity index (χ4n) is 1.21. The Hall–Kier alpha value is -1.61. The molecule has 0 aliphatic carbocycles. The molecule has 0 aromatic rings. The molecule has 0 fully saturated rings. The van der Waals surface area contributed by atoms with Crippen LogP contribution >= 0.6 is 12.6 Å². The van der Waals surface area contributed by atoms with Crippen molar-refractivity contribution in [1.82, 2.24) is 10.6 Å². The number of carbonyl (C=O) groups is 4. The molecule has 0 aliphatic rings. The number of Topliss-reactive ketones (excluding diaryl/α,β-unsaturated/α-hetero) is 1. The van der Waals surface area contributed by atoms with E-state index in [1.807, 2.05) is 0 Å². The third-order valence-electron chi connectivity index (χ3n) is 2.35. The molecule has 114 valence electrons. The molecular formula is C11H19N3O5S. The number of nitrogens with one attached hydrogen (secondary N) is 2. The summed E-state index contributed by atoms with van der Waals surface area (Å²) in [7, 11) is 0. The summed E-state index contributed by atoms with van der Waals surface area (Å²) in [4.78, 5) is 44.4. The van der Waals surface area contributed by atoms with E-state index in [9.17, 15) is 19.2 Å². The second kappa shape index (κ2) is 9.32. The van der Waals surface area contributed by atoms with Crippen molar-refractivity contribution in [2.24, 2.45) is 5.73 Å². The fourth-order valence-corrected chi connectivity index (χ4v) is 1.46. The predicted octanol–water partition coefficient (Wildman–Crippen LogP) is -1.70. The first kappa shape index (κ1) is 18.4. The maximum absolute atomic E-state index is 11.6. The second-order valence-corrected chi connectivity index (χ2v) is 4.57. The lowest BCUT2D eigenvalue weighted by molar-refractivity contribution is -0.138. The lowest BCUT2D eigenvalue weighted by Crippen LogP contribution is -2.49. The van der Waals surface area contributed by atoms with E-state index in [0.717, 1.165) is 0 Å². The number of carboxylic acid groups (broad SMARTS) is 1. The van der Waals surface area contributed by atoms with Gasteiger partial charge >= 0.3 is 5.97 Å². The van der Waals surface area contributed by atoms with Gasteiger partial charge in [0.05, 0.1) is 6.54 Å². The molecule has 0 aromatic heterocycles. The Labute approximate surface area is 121 Å². The highest BCUT2D eigenvalue weighted by Gasteiger charge is 2.20. The molecule has 2 atom stereocenters. The van der Waals surface area contributed by atoms with Gasteiger partial charge in [-0.25, -0.2) is 0 Å². The van der Waals surface area contributed by atoms with Crippen molar-refractivity contribution < 1.29 is 24.3 Å². The number of nitrogens with two attached hydrogens (primary N) is 1. The first-order valence-electron chi connectivity index (χ1n) is 5.93. The van der Waals surface area contributed by atoms with Crippen molar-refractivity contribution >= 4 is 36.2 Å². The summed E-state index contributed by atoms with van der Waals surface area (Å²) >= 11 is 3.94. The Balaban J connectivity index is 4.21. The van der Waals surface area contributed by atoms with E-state index in [2.05, 4.69) is 23.3 Å². The van der Waals surface area contributed by atoms with Crippen LogP contribution in [0, 0.1) is 0 Å². The minimum atomic E-state index is -1.19. The first-order chi connectivity index (χ1) is 9.27. The second-order valence-electron chi connectivity index (χ2n) is 4.21. The number of ketones is 1. The Morgan fingerprint density at radius 2 is 1.90 bits per heavy atom. The van der Waals surface area contributed by atoms with E-state index in [0.29, 0.717) is 0 Å². The predicted molar refractivity (Wildman–Crippen MR) is 74.3 cm³/mol. The van der Waals surface area contributed by atoms with Gasteiger partial charge in [-0.05, 0) is 13.3 Å². The molecule has 9 heteroatoms. The Morgan fingerprint density at radius 3 is 2.35 bits per heavy atom. The number of thiol groups is 1. The summed E-state index contributed by atoms with van der Waals surface area (Å²) < 4.78 is 0. The fraction of sp³-hybridized carbons (Fsp3) is 0.636. The topological polar surface area (TPSA) is 139 Å². The average Bonchev–Trinajstić information content (AvgIpc) is 2.38. The summed E-state index contributed by atoms with van der Waals surface area (Å²) in [6.07, 6.45) is -0.146. The average molecular weight is 305 g/mol. The summed E-state index contributed by atoms with van der Waals surface area (Å²) in [6.45, 7) is 1.20. The van der Waals surface area contributed by atoms with Gasteiger partial charge in [-0.2, -0.15) is 12.6 Å². The van der Waals surface area contributed by atoms with Gasteiger partial charge in [0.1, 0.15) is 17.9 Å². The lowest BCUT2D eigenvalue weighted by atomic mass is 10.1. The third kappa shape index (κ3) is 7.74. The van der Waals surface area contributed by atoms with E-state index in [1.54, 1.807) is 0 Å². The molecule has 2 amide bonds. The molecular weight excluding hydrogens is 286 g/mol. The molecule has 8 nitrogen and oxygen atoms in total. The molecule has 0 aliphatic heterocycles. The molecule has 0 radical (unpaired) electrons. The normalized spacial score (nSPS) is 13.2. The molecule has 0 bridgehead atoms. The standard InChI is InChI=1S/C11H19N3O5S/c1-6(15)4-13-10(17)8(5-20)14-9(16)3-2-7(12)11(18)19/h7-8,20H,2-5,12H2,1H3,(H,13,17)(H,14,16)(H,18,19). The number of rotatable bonds is 9. The molecule has 2 unspecified atom stereocenters. The zero-order valence-electron chi connectivity index (χ0n) is 11.1. The summed E-state index contributed by atoms with van der Waals surface area (Å²) in [6, 6.07) is -2.01. The zero-order chi connectivity index (χ0) is 15.7. The number of carbonyl (C=O) groups excluding carboxylic acids is 3. The van der Waals surface area contributed by atoms with Gasteiger partial charge in [0.25, 0.3) is 0 Å². The Kier molecular flexibility index (Phi) is 8.57. The maximum atomic E-state index is 11.6. The van der Waals surface area contributed by atoms with Crippen LogP contribution in [0.3, 0.4) is 0 Å². The number of hydrogen-bond acceptors (Lipinski definition) is 6. The van der Waals surface area contributed by atoms with Gasteiger partial charge in [-0.1, -0.05) is 0 Å². The van der Waals surface area contributed by atoms with Crippen molar-refractivity contribution in [2.45, 2.75) is 31.8 Å². The monoisotopic (exact) mass is 305 g/mol. The van der Waals surface area contributed by atoms with E-state index in [1.165, 1.54) is 6.92 Å². The van der Waals surface area contributed by atoms with Crippen molar-refractivity contribution in [3.05, 3.63) is 0 Å². The van der Waals surface area contributed by atoms with Crippen LogP contribution < -0.4 is 16.4 Å². The van der Waals surface area contributed by atoms with Crippen LogP contribution in [0.1, 0.15) is 19.8 Å². The van der Waals surface area contributed by atoms with Crippen LogP contribution in [0.4, 0.5) is 0 Å². The van der Waals surface area contributed by atoms with Crippen LogP contribution in [0.2, 0.25) is 0 Å². The van der Waals surface area contributed by atoms with Gasteiger partial charge in [0.15, 0.2) is 0 Å². The van der Waals surface area contributed by atoms with E-state index in [4.69, 9.17) is 10.8 Å².